The predicted molar refractivity (Wildman–Crippen MR) is 123 cm³/mol. The number of aromatic nitrogens is 2. The van der Waals surface area contributed by atoms with E-state index in [1.807, 2.05) is 13.0 Å². The molecule has 35 heavy (non-hydrogen) atoms. The van der Waals surface area contributed by atoms with E-state index in [1.165, 1.54) is 48.5 Å². The number of alkyl halides is 2. The number of non-ortho nitro benzene ring substituents is 1. The quantitative estimate of drug-likeness (QED) is 0.238. The number of hydrogen-bond acceptors (Lipinski definition) is 6. The van der Waals surface area contributed by atoms with Gasteiger partial charge >= 0.3 is 6.61 Å². The minimum atomic E-state index is -2.93. The summed E-state index contributed by atoms with van der Waals surface area (Å²) < 4.78 is 34.7. The van der Waals surface area contributed by atoms with Crippen LogP contribution in [-0.4, -0.2) is 27.6 Å². The molecule has 4 rings (SSSR count). The summed E-state index contributed by atoms with van der Waals surface area (Å²) in [6, 6.07) is 18.3. The Morgan fingerprint density at radius 3 is 2.49 bits per heavy atom. The van der Waals surface area contributed by atoms with Gasteiger partial charge in [0.05, 0.1) is 22.4 Å². The van der Waals surface area contributed by atoms with Gasteiger partial charge in [-0.15, -0.1) is 0 Å². The van der Waals surface area contributed by atoms with Crippen molar-refractivity contribution >= 4 is 17.3 Å². The van der Waals surface area contributed by atoms with Crippen molar-refractivity contribution in [3.05, 3.63) is 94.2 Å². The molecule has 0 atom stereocenters. The van der Waals surface area contributed by atoms with Crippen molar-refractivity contribution in [3.63, 3.8) is 0 Å². The SMILES string of the molecule is Cc1cccc(Oc2cc(NC(=O)c3cc(-c4ccc(OC(F)F)cc4)n[nH]3)cc([N+](=O)[O-])c2)c1. The Kier molecular flexibility index (Phi) is 6.67. The zero-order valence-electron chi connectivity index (χ0n) is 18.2. The van der Waals surface area contributed by atoms with Crippen LogP contribution in [0.1, 0.15) is 16.1 Å². The van der Waals surface area contributed by atoms with Crippen molar-refractivity contribution in [1.29, 1.82) is 0 Å². The lowest BCUT2D eigenvalue weighted by Crippen LogP contribution is -2.12. The highest BCUT2D eigenvalue weighted by Crippen LogP contribution is 2.30. The number of H-pyrrole nitrogens is 1. The first-order valence-corrected chi connectivity index (χ1v) is 10.2. The summed E-state index contributed by atoms with van der Waals surface area (Å²) in [5.41, 5.74) is 1.87. The Bertz CT molecular complexity index is 1370. The Labute approximate surface area is 197 Å². The summed E-state index contributed by atoms with van der Waals surface area (Å²) in [5.74, 6) is 0.0671. The number of benzene rings is 3. The molecule has 0 fully saturated rings. The van der Waals surface area contributed by atoms with Gasteiger partial charge in [0.15, 0.2) is 0 Å². The van der Waals surface area contributed by atoms with Crippen LogP contribution in [0.15, 0.2) is 72.8 Å². The molecule has 1 amide bonds. The number of nitro groups is 1. The van der Waals surface area contributed by atoms with Crippen LogP contribution in [0.25, 0.3) is 11.3 Å². The molecular formula is C24H18F2N4O5. The van der Waals surface area contributed by atoms with Crippen LogP contribution < -0.4 is 14.8 Å². The highest BCUT2D eigenvalue weighted by atomic mass is 19.3. The van der Waals surface area contributed by atoms with Gasteiger partial charge in [-0.25, -0.2) is 0 Å². The van der Waals surface area contributed by atoms with E-state index in [0.717, 1.165) is 5.56 Å². The molecule has 1 heterocycles. The summed E-state index contributed by atoms with van der Waals surface area (Å²) >= 11 is 0. The summed E-state index contributed by atoms with van der Waals surface area (Å²) in [7, 11) is 0. The first kappa shape index (κ1) is 23.4. The lowest BCUT2D eigenvalue weighted by molar-refractivity contribution is -0.384. The average molecular weight is 480 g/mol. The van der Waals surface area contributed by atoms with E-state index in [2.05, 4.69) is 20.3 Å². The lowest BCUT2D eigenvalue weighted by atomic mass is 10.1. The van der Waals surface area contributed by atoms with Crippen molar-refractivity contribution in [3.8, 4) is 28.5 Å². The molecule has 0 bridgehead atoms. The molecule has 1 aromatic heterocycles. The van der Waals surface area contributed by atoms with Crippen LogP contribution in [0.3, 0.4) is 0 Å². The van der Waals surface area contributed by atoms with Gasteiger partial charge in [0.25, 0.3) is 11.6 Å². The molecule has 0 aliphatic carbocycles. The van der Waals surface area contributed by atoms with Gasteiger partial charge in [-0.05, 0) is 55.0 Å². The van der Waals surface area contributed by atoms with E-state index in [0.29, 0.717) is 17.0 Å². The second-order valence-corrected chi connectivity index (χ2v) is 7.42. The maximum Gasteiger partial charge on any atom is 0.387 e. The third-order valence-electron chi connectivity index (χ3n) is 4.78. The van der Waals surface area contributed by atoms with Crippen LogP contribution in [0.2, 0.25) is 0 Å². The first-order chi connectivity index (χ1) is 16.8. The van der Waals surface area contributed by atoms with Crippen molar-refractivity contribution in [1.82, 2.24) is 10.2 Å². The number of amides is 1. The third-order valence-corrected chi connectivity index (χ3v) is 4.78. The zero-order chi connectivity index (χ0) is 24.9. The van der Waals surface area contributed by atoms with Crippen molar-refractivity contribution in [2.45, 2.75) is 13.5 Å². The van der Waals surface area contributed by atoms with E-state index in [-0.39, 0.29) is 28.6 Å². The molecule has 9 nitrogen and oxygen atoms in total. The molecule has 2 N–H and O–H groups in total. The number of ether oxygens (including phenoxy) is 2. The number of aryl methyl sites for hydroxylation is 1. The highest BCUT2D eigenvalue weighted by Gasteiger charge is 2.16. The fourth-order valence-electron chi connectivity index (χ4n) is 3.23. The number of carbonyl (C=O) groups is 1. The second kappa shape index (κ2) is 10.00. The molecule has 4 aromatic rings. The number of anilines is 1. The highest BCUT2D eigenvalue weighted by molar-refractivity contribution is 6.03. The summed E-state index contributed by atoms with van der Waals surface area (Å²) in [5, 5.41) is 20.6. The fourth-order valence-corrected chi connectivity index (χ4v) is 3.23. The molecule has 3 aromatic carbocycles. The number of nitrogens with zero attached hydrogens (tertiary/aromatic N) is 2. The second-order valence-electron chi connectivity index (χ2n) is 7.42. The van der Waals surface area contributed by atoms with Crippen molar-refractivity contribution in [2.24, 2.45) is 0 Å². The van der Waals surface area contributed by atoms with Crippen LogP contribution in [0.5, 0.6) is 17.2 Å². The number of nitro benzene ring substituents is 1. The molecule has 0 spiro atoms. The van der Waals surface area contributed by atoms with E-state index >= 15 is 0 Å². The van der Waals surface area contributed by atoms with Crippen LogP contribution in [-0.2, 0) is 0 Å². The molecule has 0 aliphatic rings. The first-order valence-electron chi connectivity index (χ1n) is 10.2. The van der Waals surface area contributed by atoms with E-state index in [1.54, 1.807) is 18.2 Å². The third kappa shape index (κ3) is 5.96. The minimum absolute atomic E-state index is 0.00777. The normalized spacial score (nSPS) is 10.7. The molecule has 0 aliphatic heterocycles. The smallest absolute Gasteiger partial charge is 0.387 e. The minimum Gasteiger partial charge on any atom is -0.457 e. The van der Waals surface area contributed by atoms with Gasteiger partial charge in [-0.2, -0.15) is 13.9 Å². The molecule has 11 heteroatoms. The topological polar surface area (TPSA) is 119 Å². The summed E-state index contributed by atoms with van der Waals surface area (Å²) in [6.45, 7) is -1.05. The molecule has 0 saturated heterocycles. The van der Waals surface area contributed by atoms with Gasteiger partial charge in [0.1, 0.15) is 22.9 Å². The van der Waals surface area contributed by atoms with Crippen LogP contribution in [0.4, 0.5) is 20.2 Å². The average Bonchev–Trinajstić information content (AvgIpc) is 3.29. The number of nitrogens with one attached hydrogen (secondary N) is 2. The van der Waals surface area contributed by atoms with E-state index < -0.39 is 17.4 Å². The largest absolute Gasteiger partial charge is 0.457 e. The van der Waals surface area contributed by atoms with Gasteiger partial charge < -0.3 is 14.8 Å². The lowest BCUT2D eigenvalue weighted by Gasteiger charge is -2.09. The Balaban J connectivity index is 1.52. The molecule has 178 valence electrons. The van der Waals surface area contributed by atoms with Crippen molar-refractivity contribution < 1.29 is 28.0 Å². The predicted octanol–water partition coefficient (Wildman–Crippen LogP) is 5.94. The summed E-state index contributed by atoms with van der Waals surface area (Å²) in [6.07, 6.45) is 0. The number of hydrogen-bond donors (Lipinski definition) is 2. The molecule has 0 radical (unpaired) electrons. The van der Waals surface area contributed by atoms with E-state index in [4.69, 9.17) is 4.74 Å². The number of aromatic amines is 1. The Morgan fingerprint density at radius 2 is 1.80 bits per heavy atom. The number of carbonyl (C=O) groups excluding carboxylic acids is 1. The molecular weight excluding hydrogens is 462 g/mol. The maximum atomic E-state index is 12.7. The standard InChI is InChI=1S/C24H18F2N4O5/c1-14-3-2-4-19(9-14)34-20-11-16(10-17(12-20)30(32)33)27-23(31)22-13-21(28-29-22)15-5-7-18(8-6-15)35-24(25)26/h2-13,24H,1H3,(H,27,31)(H,28,29). The Hall–Kier alpha value is -4.80. The van der Waals surface area contributed by atoms with Gasteiger partial charge in [0, 0.05) is 17.7 Å². The monoisotopic (exact) mass is 480 g/mol. The van der Waals surface area contributed by atoms with E-state index in [9.17, 15) is 23.7 Å². The molecule has 0 saturated carbocycles. The van der Waals surface area contributed by atoms with Crippen LogP contribution in [0, 0.1) is 17.0 Å². The van der Waals surface area contributed by atoms with Gasteiger partial charge in [0.2, 0.25) is 0 Å². The van der Waals surface area contributed by atoms with Gasteiger partial charge in [-0.3, -0.25) is 20.0 Å². The summed E-state index contributed by atoms with van der Waals surface area (Å²) in [4.78, 5) is 23.5. The fraction of sp³-hybridized carbons (Fsp3) is 0.0833. The number of halogens is 2. The van der Waals surface area contributed by atoms with Crippen LogP contribution >= 0.6 is 0 Å². The maximum absolute atomic E-state index is 12.7. The van der Waals surface area contributed by atoms with Crippen molar-refractivity contribution in [2.75, 3.05) is 5.32 Å². The zero-order valence-corrected chi connectivity index (χ0v) is 18.2. The Morgan fingerprint density at radius 1 is 1.03 bits per heavy atom. The number of rotatable bonds is 8. The molecule has 0 unspecified atom stereocenters. The van der Waals surface area contributed by atoms with Gasteiger partial charge in [-0.1, -0.05) is 12.1 Å².